The monoisotopic (exact) mass is 345 g/mol. The second-order valence-corrected chi connectivity index (χ2v) is 8.08. The van der Waals surface area contributed by atoms with Crippen LogP contribution >= 0.6 is 0 Å². The van der Waals surface area contributed by atoms with E-state index in [2.05, 4.69) is 18.9 Å². The summed E-state index contributed by atoms with van der Waals surface area (Å²) in [5.74, 6) is -0.145. The Morgan fingerprint density at radius 1 is 1.28 bits per heavy atom. The summed E-state index contributed by atoms with van der Waals surface area (Å²) in [4.78, 5) is 26.5. The zero-order chi connectivity index (χ0) is 17.7. The Morgan fingerprint density at radius 2 is 2.00 bits per heavy atom. The summed E-state index contributed by atoms with van der Waals surface area (Å²) >= 11 is 0. The van der Waals surface area contributed by atoms with Crippen molar-refractivity contribution in [3.05, 3.63) is 17.5 Å². The van der Waals surface area contributed by atoms with Gasteiger partial charge in [-0.2, -0.15) is 5.10 Å². The van der Waals surface area contributed by atoms with Gasteiger partial charge in [0, 0.05) is 25.0 Å². The number of hydrogen-bond donors (Lipinski definition) is 1. The highest BCUT2D eigenvalue weighted by molar-refractivity contribution is 5.96. The number of nitrogens with zero attached hydrogens (tertiary/aromatic N) is 3. The van der Waals surface area contributed by atoms with Crippen LogP contribution in [0.25, 0.3) is 0 Å². The third-order valence-electron chi connectivity index (χ3n) is 6.23. The van der Waals surface area contributed by atoms with E-state index >= 15 is 0 Å². The van der Waals surface area contributed by atoms with Gasteiger partial charge in [-0.1, -0.05) is 6.92 Å². The molecule has 4 rings (SSSR count). The van der Waals surface area contributed by atoms with Gasteiger partial charge in [0.15, 0.2) is 0 Å². The molecule has 2 aliphatic carbocycles. The van der Waals surface area contributed by atoms with Gasteiger partial charge in [0.25, 0.3) is 5.91 Å². The third-order valence-corrected chi connectivity index (χ3v) is 6.23. The Morgan fingerprint density at radius 3 is 2.56 bits per heavy atom. The SMILES string of the molecule is CCC(C)n1ncc(C(=O)N2C[C@H](C(=O)O)[C@@H](C3CC3)C2)c1C1CC1. The van der Waals surface area contributed by atoms with Gasteiger partial charge in [0.1, 0.15) is 0 Å². The van der Waals surface area contributed by atoms with Crippen molar-refractivity contribution in [1.29, 1.82) is 0 Å². The van der Waals surface area contributed by atoms with Crippen LogP contribution in [0.15, 0.2) is 6.20 Å². The first-order valence-electron chi connectivity index (χ1n) is 9.60. The van der Waals surface area contributed by atoms with Crippen LogP contribution in [0.5, 0.6) is 0 Å². The number of carboxylic acid groups (broad SMARTS) is 1. The van der Waals surface area contributed by atoms with Crippen LogP contribution in [-0.4, -0.2) is 44.8 Å². The lowest BCUT2D eigenvalue weighted by atomic mass is 9.92. The molecule has 0 spiro atoms. The fourth-order valence-electron chi connectivity index (χ4n) is 4.25. The molecule has 1 N–H and O–H groups in total. The number of rotatable bonds is 6. The van der Waals surface area contributed by atoms with E-state index in [-0.39, 0.29) is 17.9 Å². The van der Waals surface area contributed by atoms with Gasteiger partial charge in [-0.15, -0.1) is 0 Å². The highest BCUT2D eigenvalue weighted by Gasteiger charge is 2.47. The van der Waals surface area contributed by atoms with Crippen LogP contribution in [0.1, 0.15) is 74.0 Å². The van der Waals surface area contributed by atoms with Crippen molar-refractivity contribution in [2.75, 3.05) is 13.1 Å². The molecular formula is C19H27N3O3. The molecule has 2 heterocycles. The van der Waals surface area contributed by atoms with Gasteiger partial charge in [0.05, 0.1) is 23.4 Å². The number of amides is 1. The molecule has 6 nitrogen and oxygen atoms in total. The highest BCUT2D eigenvalue weighted by atomic mass is 16.4. The van der Waals surface area contributed by atoms with E-state index in [1.165, 1.54) is 0 Å². The number of hydrogen-bond acceptors (Lipinski definition) is 3. The Balaban J connectivity index is 1.59. The smallest absolute Gasteiger partial charge is 0.308 e. The maximum atomic E-state index is 13.2. The molecule has 6 heteroatoms. The van der Waals surface area contributed by atoms with E-state index in [1.54, 1.807) is 11.1 Å². The maximum absolute atomic E-state index is 13.2. The van der Waals surface area contributed by atoms with Crippen molar-refractivity contribution < 1.29 is 14.7 Å². The molecule has 0 aromatic carbocycles. The summed E-state index contributed by atoms with van der Waals surface area (Å²) in [6, 6.07) is 0.279. The molecule has 1 aromatic rings. The zero-order valence-corrected chi connectivity index (χ0v) is 15.0. The Hall–Kier alpha value is -1.85. The van der Waals surface area contributed by atoms with Crippen LogP contribution in [0.3, 0.4) is 0 Å². The van der Waals surface area contributed by atoms with Crippen molar-refractivity contribution >= 4 is 11.9 Å². The molecule has 3 atom stereocenters. The molecule has 1 saturated heterocycles. The fraction of sp³-hybridized carbons (Fsp3) is 0.737. The van der Waals surface area contributed by atoms with Gasteiger partial charge < -0.3 is 10.0 Å². The molecule has 2 saturated carbocycles. The van der Waals surface area contributed by atoms with Gasteiger partial charge in [-0.3, -0.25) is 14.3 Å². The van der Waals surface area contributed by atoms with E-state index in [9.17, 15) is 14.7 Å². The first-order chi connectivity index (χ1) is 12.0. The summed E-state index contributed by atoms with van der Waals surface area (Å²) in [5, 5.41) is 14.1. The van der Waals surface area contributed by atoms with Gasteiger partial charge in [0.2, 0.25) is 0 Å². The minimum Gasteiger partial charge on any atom is -0.481 e. The molecule has 3 fully saturated rings. The molecule has 1 amide bonds. The molecular weight excluding hydrogens is 318 g/mol. The zero-order valence-electron chi connectivity index (χ0n) is 15.0. The Bertz CT molecular complexity index is 690. The minimum absolute atomic E-state index is 0.0224. The first kappa shape index (κ1) is 16.6. The van der Waals surface area contributed by atoms with E-state index in [0.29, 0.717) is 30.5 Å². The van der Waals surface area contributed by atoms with Crippen LogP contribution in [0.4, 0.5) is 0 Å². The third kappa shape index (κ3) is 2.96. The first-order valence-corrected chi connectivity index (χ1v) is 9.60. The maximum Gasteiger partial charge on any atom is 0.308 e. The molecule has 1 aliphatic heterocycles. The van der Waals surface area contributed by atoms with Crippen molar-refractivity contribution in [2.24, 2.45) is 17.8 Å². The number of likely N-dealkylation sites (tertiary alicyclic amines) is 1. The highest BCUT2D eigenvalue weighted by Crippen LogP contribution is 2.46. The second kappa shape index (κ2) is 6.15. The van der Waals surface area contributed by atoms with Crippen LogP contribution in [0, 0.1) is 17.8 Å². The second-order valence-electron chi connectivity index (χ2n) is 8.08. The molecule has 25 heavy (non-hydrogen) atoms. The number of aromatic nitrogens is 2. The van der Waals surface area contributed by atoms with E-state index in [0.717, 1.165) is 37.8 Å². The molecule has 1 unspecified atom stereocenters. The van der Waals surface area contributed by atoms with Crippen molar-refractivity contribution in [1.82, 2.24) is 14.7 Å². The number of aliphatic carboxylic acids is 1. The number of carbonyl (C=O) groups is 2. The van der Waals surface area contributed by atoms with E-state index < -0.39 is 11.9 Å². The van der Waals surface area contributed by atoms with Gasteiger partial charge >= 0.3 is 5.97 Å². The van der Waals surface area contributed by atoms with Gasteiger partial charge in [-0.25, -0.2) is 0 Å². The predicted octanol–water partition coefficient (Wildman–Crippen LogP) is 2.91. The van der Waals surface area contributed by atoms with Crippen molar-refractivity contribution in [2.45, 2.75) is 57.9 Å². The summed E-state index contributed by atoms with van der Waals surface area (Å²) in [6.45, 7) is 5.18. The van der Waals surface area contributed by atoms with E-state index in [4.69, 9.17) is 0 Å². The quantitative estimate of drug-likeness (QED) is 0.860. The normalized spacial score (nSPS) is 27.5. The molecule has 0 bridgehead atoms. The number of carbonyl (C=O) groups excluding carboxylic acids is 1. The average molecular weight is 345 g/mol. The summed E-state index contributed by atoms with van der Waals surface area (Å²) in [7, 11) is 0. The minimum atomic E-state index is -0.759. The summed E-state index contributed by atoms with van der Waals surface area (Å²) in [5.41, 5.74) is 1.77. The van der Waals surface area contributed by atoms with Crippen LogP contribution in [0.2, 0.25) is 0 Å². The summed E-state index contributed by atoms with van der Waals surface area (Å²) < 4.78 is 2.02. The van der Waals surface area contributed by atoms with Crippen molar-refractivity contribution in [3.8, 4) is 0 Å². The largest absolute Gasteiger partial charge is 0.481 e. The van der Waals surface area contributed by atoms with Crippen LogP contribution in [-0.2, 0) is 4.79 Å². The standard InChI is InChI=1S/C19H27N3O3/c1-3-11(2)22-17(13-6-7-13)14(8-20-22)18(23)21-9-15(12-4-5-12)16(10-21)19(24)25/h8,11-13,15-16H,3-7,9-10H2,1-2H3,(H,24,25)/t11?,15-,16+/m1/s1. The van der Waals surface area contributed by atoms with Crippen molar-refractivity contribution in [3.63, 3.8) is 0 Å². The summed E-state index contributed by atoms with van der Waals surface area (Å²) in [6.07, 6.45) is 7.13. The molecule has 1 aromatic heterocycles. The molecule has 3 aliphatic rings. The Labute approximate surface area is 148 Å². The van der Waals surface area contributed by atoms with E-state index in [1.807, 2.05) is 4.68 Å². The van der Waals surface area contributed by atoms with Gasteiger partial charge in [-0.05, 0) is 50.9 Å². The fourth-order valence-corrected chi connectivity index (χ4v) is 4.25. The lowest BCUT2D eigenvalue weighted by Gasteiger charge is -2.18. The average Bonchev–Trinajstić information content (AvgIpc) is 3.54. The van der Waals surface area contributed by atoms with Crippen LogP contribution < -0.4 is 0 Å². The lowest BCUT2D eigenvalue weighted by molar-refractivity contribution is -0.142. The Kier molecular flexibility index (Phi) is 4.08. The molecule has 0 radical (unpaired) electrons. The lowest BCUT2D eigenvalue weighted by Crippen LogP contribution is -2.30. The predicted molar refractivity (Wildman–Crippen MR) is 92.4 cm³/mol. The molecule has 136 valence electrons. The number of carboxylic acids is 1. The topological polar surface area (TPSA) is 75.4 Å².